The molecule has 1 fully saturated rings. The number of hydrogen-bond donors (Lipinski definition) is 4. The summed E-state index contributed by atoms with van der Waals surface area (Å²) >= 11 is 12.6. The molecule has 0 radical (unpaired) electrons. The summed E-state index contributed by atoms with van der Waals surface area (Å²) in [7, 11) is 3.13. The van der Waals surface area contributed by atoms with E-state index in [9.17, 15) is 10.2 Å². The Bertz CT molecular complexity index is 1650. The van der Waals surface area contributed by atoms with Crippen molar-refractivity contribution in [3.05, 3.63) is 93.0 Å². The van der Waals surface area contributed by atoms with E-state index in [1.807, 2.05) is 0 Å². The number of carbonyl (C=O) groups is 1. The van der Waals surface area contributed by atoms with Crippen molar-refractivity contribution in [2.45, 2.75) is 64.0 Å². The number of hydrogen-bond acceptors (Lipinski definition) is 7. The van der Waals surface area contributed by atoms with Crippen LogP contribution in [0.25, 0.3) is 0 Å². The van der Waals surface area contributed by atoms with Crippen LogP contribution >= 0.6 is 23.2 Å². The van der Waals surface area contributed by atoms with Gasteiger partial charge in [-0.25, -0.2) is 8.78 Å². The van der Waals surface area contributed by atoms with Gasteiger partial charge in [-0.05, 0) is 67.1 Å². The molecule has 3 aromatic carbocycles. The Balaban J connectivity index is 1.69. The summed E-state index contributed by atoms with van der Waals surface area (Å²) in [6.07, 6.45) is 1.20. The van der Waals surface area contributed by atoms with E-state index in [2.05, 4.69) is 36.7 Å². The predicted molar refractivity (Wildman–Crippen MR) is 197 cm³/mol. The van der Waals surface area contributed by atoms with Gasteiger partial charge in [0.2, 0.25) is 0 Å². The van der Waals surface area contributed by atoms with Crippen LogP contribution in [0.15, 0.2) is 54.6 Å². The second kappa shape index (κ2) is 17.3. The molecule has 50 heavy (non-hydrogen) atoms. The highest BCUT2D eigenvalue weighted by molar-refractivity contribution is 6.31. The summed E-state index contributed by atoms with van der Waals surface area (Å²) in [5.74, 6) is -1.75. The van der Waals surface area contributed by atoms with Gasteiger partial charge >= 0.3 is 0 Å². The third kappa shape index (κ3) is 8.95. The molecule has 272 valence electrons. The summed E-state index contributed by atoms with van der Waals surface area (Å²) in [6, 6.07) is 13.4. The first kappa shape index (κ1) is 39.5. The molecule has 1 heterocycles. The third-order valence-electron chi connectivity index (χ3n) is 9.15. The number of carbonyl (C=O) groups excluding carboxylic acids is 1. The van der Waals surface area contributed by atoms with E-state index in [-0.39, 0.29) is 44.8 Å². The summed E-state index contributed by atoms with van der Waals surface area (Å²) in [5, 5.41) is 19.5. The van der Waals surface area contributed by atoms with Crippen LogP contribution < -0.4 is 20.7 Å². The Kier molecular flexibility index (Phi) is 13.7. The van der Waals surface area contributed by atoms with Crippen LogP contribution in [0.5, 0.6) is 5.75 Å². The number of halogens is 4. The number of ether oxygens (including phenoxy) is 3. The van der Waals surface area contributed by atoms with Crippen LogP contribution in [0.4, 0.5) is 14.5 Å². The quantitative estimate of drug-likeness (QED) is 0.0879. The Morgan fingerprint density at radius 2 is 1.80 bits per heavy atom. The minimum Gasteiger partial charge on any atom is -0.495 e. The van der Waals surface area contributed by atoms with E-state index >= 15 is 8.78 Å². The summed E-state index contributed by atoms with van der Waals surface area (Å²) < 4.78 is 48.3. The van der Waals surface area contributed by atoms with Crippen molar-refractivity contribution < 1.29 is 27.8 Å². The molecule has 12 heteroatoms. The maximum Gasteiger partial charge on any atom is 0.251 e. The normalized spacial score (nSPS) is 20.5. The van der Waals surface area contributed by atoms with Crippen LogP contribution in [0.3, 0.4) is 0 Å². The number of amides is 1. The molecule has 0 saturated carbocycles. The van der Waals surface area contributed by atoms with Crippen molar-refractivity contribution in [1.29, 1.82) is 5.41 Å². The fourth-order valence-corrected chi connectivity index (χ4v) is 7.39. The third-order valence-corrected chi connectivity index (χ3v) is 9.67. The van der Waals surface area contributed by atoms with Gasteiger partial charge in [0.25, 0.3) is 5.91 Å². The lowest BCUT2D eigenvalue weighted by atomic mass is 9.59. The lowest BCUT2D eigenvalue weighted by Gasteiger charge is -2.43. The van der Waals surface area contributed by atoms with E-state index in [0.29, 0.717) is 56.2 Å². The fraction of sp³-hybridized carbons (Fsp3) is 0.474. The first-order valence-corrected chi connectivity index (χ1v) is 17.5. The molecule has 4 rings (SSSR count). The minimum absolute atomic E-state index is 0.0595. The van der Waals surface area contributed by atoms with Gasteiger partial charge in [0, 0.05) is 66.7 Å². The van der Waals surface area contributed by atoms with Crippen LogP contribution in [0.1, 0.15) is 67.9 Å². The van der Waals surface area contributed by atoms with Crippen LogP contribution in [0, 0.1) is 22.5 Å². The smallest absolute Gasteiger partial charge is 0.251 e. The molecule has 0 aromatic heterocycles. The monoisotopic (exact) mass is 732 g/mol. The molecule has 4 N–H and O–H groups in total. The van der Waals surface area contributed by atoms with Crippen LogP contribution in [-0.2, 0) is 14.9 Å². The lowest BCUT2D eigenvalue weighted by molar-refractivity contribution is 0.0688. The Morgan fingerprint density at radius 1 is 1.04 bits per heavy atom. The zero-order valence-electron chi connectivity index (χ0n) is 29.5. The van der Waals surface area contributed by atoms with Crippen molar-refractivity contribution in [1.82, 2.24) is 10.6 Å². The van der Waals surface area contributed by atoms with E-state index in [1.165, 1.54) is 19.2 Å². The number of rotatable bonds is 16. The zero-order chi connectivity index (χ0) is 36.6. The van der Waals surface area contributed by atoms with Gasteiger partial charge in [-0.1, -0.05) is 62.2 Å². The molecule has 1 aliphatic rings. The maximum atomic E-state index is 16.1. The molecule has 0 unspecified atom stereocenters. The van der Waals surface area contributed by atoms with E-state index in [4.69, 9.17) is 37.4 Å². The largest absolute Gasteiger partial charge is 0.495 e. The number of anilines is 1. The standard InChI is InChI=1S/C38H48Cl2F2N4O4/c1-23(43)38(27-13-12-25(39)20-29(27)41)33(21-37(2,3)4)46-31(34(38)26-9-7-10-28(40)35(26)42)22-45-30-14-11-24(19-32(30)49-6)36(47)44-15-8-16-50-18-17-48-5/h7,9-14,19-20,31,33-34,43,45-46H,8,15-18,21-22H2,1-6H3,(H,44,47)/t31-,33-,34-,38-/m0/s1. The van der Waals surface area contributed by atoms with Gasteiger partial charge in [0.05, 0.1) is 36.4 Å². The molecule has 1 amide bonds. The second-order valence-corrected chi connectivity index (χ2v) is 14.7. The summed E-state index contributed by atoms with van der Waals surface area (Å²) in [4.78, 5) is 12.9. The zero-order valence-corrected chi connectivity index (χ0v) is 31.0. The fourth-order valence-electron chi connectivity index (χ4n) is 7.05. The maximum absolute atomic E-state index is 16.1. The summed E-state index contributed by atoms with van der Waals surface area (Å²) in [6.45, 7) is 10.1. The van der Waals surface area contributed by atoms with E-state index < -0.39 is 35.1 Å². The average Bonchev–Trinajstić information content (AvgIpc) is 3.36. The molecular formula is C38H48Cl2F2N4O4. The van der Waals surface area contributed by atoms with Crippen molar-refractivity contribution in [2.24, 2.45) is 5.41 Å². The highest BCUT2D eigenvalue weighted by Crippen LogP contribution is 2.53. The second-order valence-electron chi connectivity index (χ2n) is 13.8. The Labute approximate surface area is 304 Å². The van der Waals surface area contributed by atoms with E-state index in [0.717, 1.165) is 0 Å². The van der Waals surface area contributed by atoms with Crippen LogP contribution in [-0.4, -0.2) is 70.8 Å². The molecule has 0 bridgehead atoms. The number of benzene rings is 3. The van der Waals surface area contributed by atoms with Gasteiger partial charge in [-0.3, -0.25) is 4.79 Å². The first-order valence-electron chi connectivity index (χ1n) is 16.7. The molecule has 0 aliphatic carbocycles. The highest BCUT2D eigenvalue weighted by atomic mass is 35.5. The van der Waals surface area contributed by atoms with Crippen LogP contribution in [0.2, 0.25) is 10.0 Å². The molecule has 4 atom stereocenters. The van der Waals surface area contributed by atoms with E-state index in [1.54, 1.807) is 56.5 Å². The Hall–Kier alpha value is -3.28. The molecular weight excluding hydrogens is 685 g/mol. The van der Waals surface area contributed by atoms with Gasteiger partial charge < -0.3 is 35.6 Å². The van der Waals surface area contributed by atoms with Gasteiger partial charge in [0.15, 0.2) is 0 Å². The SMILES string of the molecule is COCCOCCCNC(=O)c1ccc(NC[C@@H]2N[C@@H](CC(C)(C)C)[C@](C(C)=N)(c3ccc(Cl)cc3F)[C@H]2c2cccc(Cl)c2F)c(OC)c1. The van der Waals surface area contributed by atoms with Crippen molar-refractivity contribution in [3.63, 3.8) is 0 Å². The molecule has 1 saturated heterocycles. The molecule has 0 spiro atoms. The van der Waals surface area contributed by atoms with Crippen molar-refractivity contribution >= 4 is 40.5 Å². The molecule has 1 aliphatic heterocycles. The van der Waals surface area contributed by atoms with Crippen molar-refractivity contribution in [2.75, 3.05) is 52.4 Å². The molecule has 8 nitrogen and oxygen atoms in total. The van der Waals surface area contributed by atoms with Gasteiger partial charge in [-0.2, -0.15) is 0 Å². The number of nitrogens with one attached hydrogen (secondary N) is 4. The summed E-state index contributed by atoms with van der Waals surface area (Å²) in [5.41, 5.74) is 0.208. The Morgan fingerprint density at radius 3 is 2.46 bits per heavy atom. The van der Waals surface area contributed by atoms with Crippen molar-refractivity contribution in [3.8, 4) is 5.75 Å². The van der Waals surface area contributed by atoms with Gasteiger partial charge in [-0.15, -0.1) is 0 Å². The highest BCUT2D eigenvalue weighted by Gasteiger charge is 2.59. The first-order chi connectivity index (χ1) is 23.7. The average molecular weight is 734 g/mol. The number of methoxy groups -OCH3 is 2. The lowest BCUT2D eigenvalue weighted by Crippen LogP contribution is -2.50. The minimum atomic E-state index is -1.30. The topological polar surface area (TPSA) is 105 Å². The predicted octanol–water partition coefficient (Wildman–Crippen LogP) is 8.01. The molecule has 3 aromatic rings. The van der Waals surface area contributed by atoms with Gasteiger partial charge in [0.1, 0.15) is 17.4 Å².